The van der Waals surface area contributed by atoms with Crippen molar-refractivity contribution < 1.29 is 4.79 Å². The van der Waals surface area contributed by atoms with Crippen molar-refractivity contribution in [1.29, 1.82) is 0 Å². The normalized spacial score (nSPS) is 9.31. The summed E-state index contributed by atoms with van der Waals surface area (Å²) in [7, 11) is 1.78. The van der Waals surface area contributed by atoms with Gasteiger partial charge in [-0.25, -0.2) is 4.98 Å². The molecule has 0 radical (unpaired) electrons. The molecule has 0 saturated heterocycles. The SMILES string of the molecule is Cl.Cn1ccc(NC(=O)c2cnccn2)n1. The van der Waals surface area contributed by atoms with Crippen LogP contribution in [-0.4, -0.2) is 25.7 Å². The number of rotatable bonds is 2. The highest BCUT2D eigenvalue weighted by atomic mass is 35.5. The van der Waals surface area contributed by atoms with Crippen molar-refractivity contribution in [3.05, 3.63) is 36.5 Å². The standard InChI is InChI=1S/C9H9N5O.ClH/c1-14-5-2-8(13-14)12-9(15)7-6-10-3-4-11-7;/h2-6H,1H3,(H,12,13,15);1H. The molecule has 0 aliphatic carbocycles. The van der Waals surface area contributed by atoms with Crippen molar-refractivity contribution in [3.63, 3.8) is 0 Å². The Morgan fingerprint density at radius 1 is 1.44 bits per heavy atom. The summed E-state index contributed by atoms with van der Waals surface area (Å²) in [4.78, 5) is 19.2. The second kappa shape index (κ2) is 5.22. The first-order valence-electron chi connectivity index (χ1n) is 4.33. The Balaban J connectivity index is 0.00000128. The molecule has 84 valence electrons. The van der Waals surface area contributed by atoms with E-state index >= 15 is 0 Å². The smallest absolute Gasteiger partial charge is 0.277 e. The fourth-order valence-electron chi connectivity index (χ4n) is 1.08. The van der Waals surface area contributed by atoms with Gasteiger partial charge in [0.05, 0.1) is 6.20 Å². The van der Waals surface area contributed by atoms with E-state index in [1.165, 1.54) is 18.6 Å². The summed E-state index contributed by atoms with van der Waals surface area (Å²) in [6.07, 6.45) is 6.12. The molecule has 16 heavy (non-hydrogen) atoms. The molecule has 1 amide bonds. The molecule has 6 nitrogen and oxygen atoms in total. The molecule has 0 saturated carbocycles. The number of nitrogens with one attached hydrogen (secondary N) is 1. The van der Waals surface area contributed by atoms with E-state index < -0.39 is 0 Å². The molecular formula is C9H10ClN5O. The average Bonchev–Trinajstić information content (AvgIpc) is 2.65. The molecule has 2 rings (SSSR count). The van der Waals surface area contributed by atoms with Crippen LogP contribution in [0.3, 0.4) is 0 Å². The minimum Gasteiger partial charge on any atom is -0.304 e. The summed E-state index contributed by atoms with van der Waals surface area (Å²) < 4.78 is 1.60. The van der Waals surface area contributed by atoms with Gasteiger partial charge in [0.15, 0.2) is 5.82 Å². The predicted octanol–water partition coefficient (Wildman–Crippen LogP) is 0.884. The molecule has 0 aliphatic heterocycles. The maximum Gasteiger partial charge on any atom is 0.277 e. The van der Waals surface area contributed by atoms with E-state index in [-0.39, 0.29) is 24.0 Å². The van der Waals surface area contributed by atoms with Crippen LogP contribution in [0, 0.1) is 0 Å². The predicted molar refractivity (Wildman–Crippen MR) is 60.4 cm³/mol. The number of nitrogens with zero attached hydrogens (tertiary/aromatic N) is 4. The third-order valence-electron chi connectivity index (χ3n) is 1.75. The Morgan fingerprint density at radius 3 is 2.81 bits per heavy atom. The van der Waals surface area contributed by atoms with Crippen LogP contribution in [0.1, 0.15) is 10.5 Å². The molecule has 0 unspecified atom stereocenters. The van der Waals surface area contributed by atoms with Crippen molar-refractivity contribution in [2.45, 2.75) is 0 Å². The minimum absolute atomic E-state index is 0. The van der Waals surface area contributed by atoms with Crippen LogP contribution in [0.25, 0.3) is 0 Å². The van der Waals surface area contributed by atoms with Crippen molar-refractivity contribution >= 4 is 24.1 Å². The Labute approximate surface area is 98.1 Å². The number of carbonyl (C=O) groups excluding carboxylic acids is 1. The van der Waals surface area contributed by atoms with Crippen molar-refractivity contribution in [2.75, 3.05) is 5.32 Å². The highest BCUT2D eigenvalue weighted by Gasteiger charge is 2.08. The minimum atomic E-state index is -0.318. The third kappa shape index (κ3) is 2.77. The first-order chi connectivity index (χ1) is 7.25. The second-order valence-corrected chi connectivity index (χ2v) is 2.92. The number of aromatic nitrogens is 4. The zero-order valence-corrected chi connectivity index (χ0v) is 9.31. The number of hydrogen-bond acceptors (Lipinski definition) is 4. The van der Waals surface area contributed by atoms with Gasteiger partial charge in [-0.3, -0.25) is 14.5 Å². The number of halogens is 1. The van der Waals surface area contributed by atoms with Crippen LogP contribution in [0.15, 0.2) is 30.9 Å². The number of amides is 1. The highest BCUT2D eigenvalue weighted by Crippen LogP contribution is 2.02. The zero-order valence-electron chi connectivity index (χ0n) is 8.49. The van der Waals surface area contributed by atoms with Gasteiger partial charge >= 0.3 is 0 Å². The van der Waals surface area contributed by atoms with Crippen molar-refractivity contribution in [2.24, 2.45) is 7.05 Å². The molecule has 7 heteroatoms. The molecule has 0 bridgehead atoms. The molecule has 2 heterocycles. The van der Waals surface area contributed by atoms with Crippen LogP contribution < -0.4 is 5.32 Å². The van der Waals surface area contributed by atoms with Crippen LogP contribution in [0.4, 0.5) is 5.82 Å². The topological polar surface area (TPSA) is 72.7 Å². The zero-order chi connectivity index (χ0) is 10.7. The number of carbonyl (C=O) groups is 1. The van der Waals surface area contributed by atoms with Crippen LogP contribution in [0.2, 0.25) is 0 Å². The fraction of sp³-hybridized carbons (Fsp3) is 0.111. The third-order valence-corrected chi connectivity index (χ3v) is 1.75. The number of aryl methyl sites for hydroxylation is 1. The molecule has 2 aromatic heterocycles. The van der Waals surface area contributed by atoms with Gasteiger partial charge in [-0.2, -0.15) is 5.10 Å². The van der Waals surface area contributed by atoms with Gasteiger partial charge in [0.2, 0.25) is 0 Å². The lowest BCUT2D eigenvalue weighted by Gasteiger charge is -1.99. The van der Waals surface area contributed by atoms with Gasteiger partial charge in [0.1, 0.15) is 5.69 Å². The first-order valence-corrected chi connectivity index (χ1v) is 4.33. The summed E-state index contributed by atoms with van der Waals surface area (Å²) in [5.74, 6) is 0.176. The summed E-state index contributed by atoms with van der Waals surface area (Å²) >= 11 is 0. The fourth-order valence-corrected chi connectivity index (χ4v) is 1.08. The number of hydrogen-bond donors (Lipinski definition) is 1. The van der Waals surface area contributed by atoms with E-state index in [1.54, 1.807) is 24.0 Å². The Bertz CT molecular complexity index is 470. The van der Waals surface area contributed by atoms with E-state index in [0.29, 0.717) is 5.82 Å². The van der Waals surface area contributed by atoms with Gasteiger partial charge in [-0.05, 0) is 0 Å². The lowest BCUT2D eigenvalue weighted by Crippen LogP contribution is -2.14. The second-order valence-electron chi connectivity index (χ2n) is 2.92. The maximum absolute atomic E-state index is 11.6. The quantitative estimate of drug-likeness (QED) is 0.845. The Kier molecular flexibility index (Phi) is 3.96. The maximum atomic E-state index is 11.6. The largest absolute Gasteiger partial charge is 0.304 e. The van der Waals surface area contributed by atoms with E-state index in [9.17, 15) is 4.79 Å². The van der Waals surface area contributed by atoms with E-state index in [0.717, 1.165) is 0 Å². The monoisotopic (exact) mass is 239 g/mol. The molecule has 0 aliphatic rings. The molecule has 1 N–H and O–H groups in total. The van der Waals surface area contributed by atoms with Crippen molar-refractivity contribution in [1.82, 2.24) is 19.7 Å². The Morgan fingerprint density at radius 2 is 2.25 bits per heavy atom. The number of anilines is 1. The van der Waals surface area contributed by atoms with Gasteiger partial charge in [0, 0.05) is 31.7 Å². The molecule has 0 aromatic carbocycles. The lowest BCUT2D eigenvalue weighted by molar-refractivity contribution is 0.102. The highest BCUT2D eigenvalue weighted by molar-refractivity contribution is 6.01. The van der Waals surface area contributed by atoms with Gasteiger partial charge in [0.25, 0.3) is 5.91 Å². The van der Waals surface area contributed by atoms with E-state index in [4.69, 9.17) is 0 Å². The first kappa shape index (κ1) is 12.1. The summed E-state index contributed by atoms with van der Waals surface area (Å²) in [6, 6.07) is 1.70. The van der Waals surface area contributed by atoms with Gasteiger partial charge in [-0.15, -0.1) is 12.4 Å². The lowest BCUT2D eigenvalue weighted by atomic mass is 10.4. The molecular weight excluding hydrogens is 230 g/mol. The summed E-state index contributed by atoms with van der Waals surface area (Å²) in [5.41, 5.74) is 0.267. The summed E-state index contributed by atoms with van der Waals surface area (Å²) in [5, 5.41) is 6.62. The van der Waals surface area contributed by atoms with Crippen LogP contribution in [-0.2, 0) is 7.05 Å². The van der Waals surface area contributed by atoms with Gasteiger partial charge < -0.3 is 5.32 Å². The molecule has 0 spiro atoms. The molecule has 0 atom stereocenters. The van der Waals surface area contributed by atoms with E-state index in [1.807, 2.05) is 0 Å². The Hall–Kier alpha value is -1.95. The summed E-state index contributed by atoms with van der Waals surface area (Å²) in [6.45, 7) is 0. The average molecular weight is 240 g/mol. The van der Waals surface area contributed by atoms with Crippen LogP contribution >= 0.6 is 12.4 Å². The van der Waals surface area contributed by atoms with Gasteiger partial charge in [-0.1, -0.05) is 0 Å². The molecule has 0 fully saturated rings. The van der Waals surface area contributed by atoms with E-state index in [2.05, 4.69) is 20.4 Å². The van der Waals surface area contributed by atoms with Crippen LogP contribution in [0.5, 0.6) is 0 Å². The van der Waals surface area contributed by atoms with Crippen molar-refractivity contribution in [3.8, 4) is 0 Å². The molecule has 2 aromatic rings.